The van der Waals surface area contributed by atoms with Crippen LogP contribution in [0.5, 0.6) is 5.75 Å². The molecule has 3 heterocycles. The summed E-state index contributed by atoms with van der Waals surface area (Å²) < 4.78 is 13.1. The number of aryl methyl sites for hydroxylation is 1. The van der Waals surface area contributed by atoms with Crippen LogP contribution in [0.3, 0.4) is 0 Å². The van der Waals surface area contributed by atoms with Crippen LogP contribution in [0.25, 0.3) is 17.1 Å². The topological polar surface area (TPSA) is 117 Å². The average Bonchev–Trinajstić information content (AvgIpc) is 3.27. The highest BCUT2D eigenvalue weighted by atomic mass is 16.5. The van der Waals surface area contributed by atoms with Gasteiger partial charge in [-0.05, 0) is 38.1 Å². The lowest BCUT2D eigenvalue weighted by Crippen LogP contribution is -2.28. The number of anilines is 1. The van der Waals surface area contributed by atoms with E-state index in [2.05, 4.69) is 20.6 Å². The van der Waals surface area contributed by atoms with Gasteiger partial charge in [0.15, 0.2) is 11.5 Å². The Labute approximate surface area is 164 Å². The number of nitrogens with one attached hydrogen (secondary N) is 1. The minimum Gasteiger partial charge on any atom is -0.492 e. The molecule has 1 aromatic carbocycles. The van der Waals surface area contributed by atoms with Gasteiger partial charge in [-0.2, -0.15) is 4.98 Å². The van der Waals surface area contributed by atoms with E-state index in [9.17, 15) is 9.59 Å². The summed E-state index contributed by atoms with van der Waals surface area (Å²) in [6, 6.07) is 10.4. The van der Waals surface area contributed by atoms with Crippen molar-refractivity contribution in [2.24, 2.45) is 0 Å². The van der Waals surface area contributed by atoms with E-state index in [1.807, 2.05) is 13.0 Å². The summed E-state index contributed by atoms with van der Waals surface area (Å²) in [6.07, 6.45) is 1.55. The first kappa shape index (κ1) is 18.4. The van der Waals surface area contributed by atoms with Gasteiger partial charge in [-0.15, -0.1) is 5.10 Å². The maximum atomic E-state index is 12.5. The predicted octanol–water partition coefficient (Wildman–Crippen LogP) is 1.89. The van der Waals surface area contributed by atoms with Crippen LogP contribution in [-0.2, 0) is 11.3 Å². The summed E-state index contributed by atoms with van der Waals surface area (Å²) >= 11 is 0. The number of amides is 1. The van der Waals surface area contributed by atoms with Crippen LogP contribution < -0.4 is 15.7 Å². The van der Waals surface area contributed by atoms with Crippen LogP contribution in [0.2, 0.25) is 0 Å². The molecule has 29 heavy (non-hydrogen) atoms. The molecule has 0 atom stereocenters. The Balaban J connectivity index is 1.57. The van der Waals surface area contributed by atoms with E-state index in [1.165, 1.54) is 4.40 Å². The number of carbonyl (C=O) groups is 1. The smallest absolute Gasteiger partial charge is 0.350 e. The van der Waals surface area contributed by atoms with Crippen molar-refractivity contribution in [1.29, 1.82) is 0 Å². The van der Waals surface area contributed by atoms with Crippen molar-refractivity contribution in [2.75, 3.05) is 11.9 Å². The number of rotatable bonds is 6. The van der Waals surface area contributed by atoms with E-state index in [1.54, 1.807) is 43.5 Å². The highest BCUT2D eigenvalue weighted by molar-refractivity contribution is 5.92. The number of para-hydroxylation sites is 2. The van der Waals surface area contributed by atoms with Gasteiger partial charge in [0.25, 0.3) is 5.89 Å². The zero-order chi connectivity index (χ0) is 20.4. The molecule has 0 fully saturated rings. The number of carbonyl (C=O) groups excluding carboxylic acids is 1. The zero-order valence-electron chi connectivity index (χ0n) is 15.8. The molecule has 1 N–H and O–H groups in total. The highest BCUT2D eigenvalue weighted by Crippen LogP contribution is 2.23. The van der Waals surface area contributed by atoms with E-state index >= 15 is 0 Å². The average molecular weight is 394 g/mol. The molecular formula is C19H18N6O4. The van der Waals surface area contributed by atoms with E-state index in [0.29, 0.717) is 41.0 Å². The van der Waals surface area contributed by atoms with Crippen LogP contribution in [0.1, 0.15) is 12.7 Å². The fraction of sp³-hybridized carbons (Fsp3) is 0.211. The van der Waals surface area contributed by atoms with Crippen LogP contribution in [0.4, 0.5) is 5.69 Å². The minimum absolute atomic E-state index is 0.240. The summed E-state index contributed by atoms with van der Waals surface area (Å²) in [5.41, 5.74) is 1.10. The van der Waals surface area contributed by atoms with Crippen molar-refractivity contribution >= 4 is 17.2 Å². The quantitative estimate of drug-likeness (QED) is 0.531. The Kier molecular flexibility index (Phi) is 4.82. The first-order chi connectivity index (χ1) is 14.0. The molecular weight excluding hydrogens is 376 g/mol. The maximum absolute atomic E-state index is 12.5. The molecule has 10 nitrogen and oxygen atoms in total. The van der Waals surface area contributed by atoms with E-state index in [-0.39, 0.29) is 6.54 Å². The monoisotopic (exact) mass is 394 g/mol. The second kappa shape index (κ2) is 7.58. The van der Waals surface area contributed by atoms with Gasteiger partial charge in [-0.1, -0.05) is 17.3 Å². The van der Waals surface area contributed by atoms with Gasteiger partial charge in [0.1, 0.15) is 12.3 Å². The standard InChI is InChI=1S/C19H18N6O4/c1-3-28-15-7-5-4-6-14(15)21-17(26)11-25-19(27)24-9-8-13(10-16(24)22-25)18-20-12(2)23-29-18/h4-10H,3,11H2,1-2H3,(H,21,26). The van der Waals surface area contributed by atoms with Gasteiger partial charge in [0, 0.05) is 11.8 Å². The maximum Gasteiger partial charge on any atom is 0.350 e. The van der Waals surface area contributed by atoms with Gasteiger partial charge in [-0.25, -0.2) is 9.48 Å². The third kappa shape index (κ3) is 3.72. The Bertz CT molecular complexity index is 1240. The van der Waals surface area contributed by atoms with Gasteiger partial charge in [0.2, 0.25) is 5.91 Å². The summed E-state index contributed by atoms with van der Waals surface area (Å²) in [6.45, 7) is 3.81. The van der Waals surface area contributed by atoms with Gasteiger partial charge >= 0.3 is 5.69 Å². The van der Waals surface area contributed by atoms with Crippen molar-refractivity contribution in [3.8, 4) is 17.2 Å². The Morgan fingerprint density at radius 3 is 2.86 bits per heavy atom. The molecule has 0 radical (unpaired) electrons. The molecule has 0 aliphatic heterocycles. The van der Waals surface area contributed by atoms with Crippen molar-refractivity contribution in [2.45, 2.75) is 20.4 Å². The third-order valence-corrected chi connectivity index (χ3v) is 4.11. The van der Waals surface area contributed by atoms with Gasteiger partial charge < -0.3 is 14.6 Å². The lowest BCUT2D eigenvalue weighted by molar-refractivity contribution is -0.117. The molecule has 0 saturated heterocycles. The van der Waals surface area contributed by atoms with Crippen LogP contribution in [0.15, 0.2) is 51.9 Å². The molecule has 0 bridgehead atoms. The zero-order valence-corrected chi connectivity index (χ0v) is 15.8. The summed E-state index contributed by atoms with van der Waals surface area (Å²) in [7, 11) is 0. The molecule has 0 saturated carbocycles. The van der Waals surface area contributed by atoms with Crippen molar-refractivity contribution in [1.82, 2.24) is 24.3 Å². The lowest BCUT2D eigenvalue weighted by Gasteiger charge is -2.10. The first-order valence-corrected chi connectivity index (χ1v) is 8.96. The number of nitrogens with zero attached hydrogens (tertiary/aromatic N) is 5. The molecule has 4 rings (SSSR count). The number of hydrogen-bond acceptors (Lipinski definition) is 7. The molecule has 0 spiro atoms. The largest absolute Gasteiger partial charge is 0.492 e. The molecule has 148 valence electrons. The third-order valence-electron chi connectivity index (χ3n) is 4.11. The SMILES string of the molecule is CCOc1ccccc1NC(=O)Cn1nc2cc(-c3nc(C)no3)ccn2c1=O. The number of hydrogen-bond donors (Lipinski definition) is 1. The van der Waals surface area contributed by atoms with Crippen LogP contribution >= 0.6 is 0 Å². The Morgan fingerprint density at radius 1 is 1.28 bits per heavy atom. The predicted molar refractivity (Wildman–Crippen MR) is 104 cm³/mol. The molecule has 0 aliphatic rings. The fourth-order valence-electron chi connectivity index (χ4n) is 2.84. The summed E-state index contributed by atoms with van der Waals surface area (Å²) in [4.78, 5) is 29.2. The number of ether oxygens (including phenoxy) is 1. The number of pyridine rings is 1. The molecule has 3 aromatic heterocycles. The summed E-state index contributed by atoms with van der Waals surface area (Å²) in [5, 5.41) is 10.7. The normalized spacial score (nSPS) is 11.0. The molecule has 0 aliphatic carbocycles. The summed E-state index contributed by atoms with van der Waals surface area (Å²) in [5.74, 6) is 1.00. The number of aromatic nitrogens is 5. The van der Waals surface area contributed by atoms with Crippen LogP contribution in [0, 0.1) is 6.92 Å². The van der Waals surface area contributed by atoms with E-state index in [0.717, 1.165) is 4.68 Å². The van der Waals surface area contributed by atoms with E-state index < -0.39 is 11.6 Å². The molecule has 0 unspecified atom stereocenters. The number of benzene rings is 1. The van der Waals surface area contributed by atoms with Crippen molar-refractivity contribution in [3.63, 3.8) is 0 Å². The molecule has 1 amide bonds. The van der Waals surface area contributed by atoms with Gasteiger partial charge in [0.05, 0.1) is 12.3 Å². The van der Waals surface area contributed by atoms with E-state index in [4.69, 9.17) is 9.26 Å². The van der Waals surface area contributed by atoms with Crippen molar-refractivity contribution in [3.05, 3.63) is 58.9 Å². The molecule has 10 heteroatoms. The minimum atomic E-state index is -0.429. The van der Waals surface area contributed by atoms with Crippen molar-refractivity contribution < 1.29 is 14.1 Å². The number of fused-ring (bicyclic) bond motifs is 1. The van der Waals surface area contributed by atoms with Gasteiger partial charge in [-0.3, -0.25) is 9.20 Å². The second-order valence-corrected chi connectivity index (χ2v) is 6.21. The Morgan fingerprint density at radius 2 is 2.10 bits per heavy atom. The first-order valence-electron chi connectivity index (χ1n) is 8.96. The second-order valence-electron chi connectivity index (χ2n) is 6.21. The highest BCUT2D eigenvalue weighted by Gasteiger charge is 2.14. The Hall–Kier alpha value is -3.95. The fourth-order valence-corrected chi connectivity index (χ4v) is 2.84. The lowest BCUT2D eigenvalue weighted by atomic mass is 10.2. The molecule has 4 aromatic rings. The van der Waals surface area contributed by atoms with Crippen LogP contribution in [-0.4, -0.2) is 36.8 Å².